The summed E-state index contributed by atoms with van der Waals surface area (Å²) < 4.78 is 26.0. The fourth-order valence-electron chi connectivity index (χ4n) is 3.43. The van der Waals surface area contributed by atoms with Crippen molar-refractivity contribution in [3.63, 3.8) is 0 Å². The molecule has 9 heteroatoms. The van der Waals surface area contributed by atoms with Gasteiger partial charge < -0.3 is 10.6 Å². The van der Waals surface area contributed by atoms with Gasteiger partial charge in [-0.05, 0) is 67.7 Å². The highest BCUT2D eigenvalue weighted by atomic mass is 35.5. The molecule has 0 saturated carbocycles. The number of carbonyl (C=O) groups excluding carboxylic acids is 1. The molecule has 0 aromatic heterocycles. The van der Waals surface area contributed by atoms with Gasteiger partial charge in [-0.15, -0.1) is 0 Å². The Bertz CT molecular complexity index is 991. The topological polar surface area (TPSA) is 78.5 Å². The third-order valence-corrected chi connectivity index (χ3v) is 7.17. The van der Waals surface area contributed by atoms with E-state index in [1.807, 2.05) is 0 Å². The van der Waals surface area contributed by atoms with Crippen LogP contribution in [0.2, 0.25) is 10.0 Å². The fraction of sp³-hybridized carbons (Fsp3) is 0.381. The van der Waals surface area contributed by atoms with Crippen molar-refractivity contribution in [3.8, 4) is 0 Å². The Morgan fingerprint density at radius 2 is 1.80 bits per heavy atom. The molecule has 1 aliphatic heterocycles. The summed E-state index contributed by atoms with van der Waals surface area (Å²) in [5.74, 6) is 0.321. The van der Waals surface area contributed by atoms with Gasteiger partial charge in [0.1, 0.15) is 0 Å². The molecule has 1 amide bonds. The maximum Gasteiger partial charge on any atom is 0.251 e. The molecular weight excluding hydrogens is 445 g/mol. The lowest BCUT2D eigenvalue weighted by atomic mass is 9.98. The minimum Gasteiger partial charge on any atom is -0.352 e. The molecular formula is C21H25Cl2N3O3S. The zero-order valence-corrected chi connectivity index (χ0v) is 19.0. The van der Waals surface area contributed by atoms with Crippen molar-refractivity contribution in [3.05, 3.63) is 63.6 Å². The number of halogens is 2. The molecule has 30 heavy (non-hydrogen) atoms. The lowest BCUT2D eigenvalue weighted by Gasteiger charge is -2.24. The van der Waals surface area contributed by atoms with Crippen LogP contribution >= 0.6 is 23.2 Å². The third kappa shape index (κ3) is 5.88. The van der Waals surface area contributed by atoms with E-state index in [1.54, 1.807) is 42.5 Å². The zero-order valence-electron chi connectivity index (χ0n) is 16.7. The molecule has 162 valence electrons. The van der Waals surface area contributed by atoms with Crippen LogP contribution in [0.1, 0.15) is 28.8 Å². The van der Waals surface area contributed by atoms with E-state index in [0.717, 1.165) is 32.2 Å². The van der Waals surface area contributed by atoms with Gasteiger partial charge in [-0.3, -0.25) is 9.10 Å². The van der Waals surface area contributed by atoms with Gasteiger partial charge in [-0.2, -0.15) is 0 Å². The first-order valence-electron chi connectivity index (χ1n) is 9.75. The van der Waals surface area contributed by atoms with Crippen molar-refractivity contribution in [1.82, 2.24) is 10.6 Å². The number of nitrogens with zero attached hydrogens (tertiary/aromatic N) is 1. The normalized spacial score (nSPS) is 15.0. The molecule has 0 bridgehead atoms. The Balaban J connectivity index is 1.72. The molecule has 2 aromatic carbocycles. The first-order chi connectivity index (χ1) is 14.3. The molecule has 3 rings (SSSR count). The first-order valence-corrected chi connectivity index (χ1v) is 12.4. The molecule has 1 aliphatic rings. The number of nitrogens with one attached hydrogen (secondary N) is 2. The largest absolute Gasteiger partial charge is 0.352 e. The number of amides is 1. The lowest BCUT2D eigenvalue weighted by molar-refractivity contribution is 0.0944. The van der Waals surface area contributed by atoms with E-state index in [1.165, 1.54) is 4.31 Å². The Morgan fingerprint density at radius 1 is 1.13 bits per heavy atom. The number of benzene rings is 2. The minimum atomic E-state index is -3.58. The Morgan fingerprint density at radius 3 is 2.43 bits per heavy atom. The second-order valence-corrected chi connectivity index (χ2v) is 10.1. The van der Waals surface area contributed by atoms with Crippen LogP contribution in [0, 0.1) is 5.92 Å². The third-order valence-electron chi connectivity index (χ3n) is 5.17. The maximum atomic E-state index is 12.4. The van der Waals surface area contributed by atoms with Crippen LogP contribution in [0.5, 0.6) is 0 Å². The van der Waals surface area contributed by atoms with Crippen molar-refractivity contribution in [2.75, 3.05) is 30.2 Å². The van der Waals surface area contributed by atoms with Crippen LogP contribution in [-0.4, -0.2) is 40.2 Å². The summed E-state index contributed by atoms with van der Waals surface area (Å²) in [4.78, 5) is 12.4. The average molecular weight is 470 g/mol. The molecule has 6 nitrogen and oxygen atoms in total. The predicted octanol–water partition coefficient (Wildman–Crippen LogP) is 3.69. The number of hydrogen-bond acceptors (Lipinski definition) is 4. The molecule has 0 unspecified atom stereocenters. The molecule has 0 atom stereocenters. The number of piperidine rings is 1. The van der Waals surface area contributed by atoms with Gasteiger partial charge in [-0.1, -0.05) is 35.3 Å². The smallest absolute Gasteiger partial charge is 0.251 e. The maximum absolute atomic E-state index is 12.4. The predicted molar refractivity (Wildman–Crippen MR) is 122 cm³/mol. The summed E-state index contributed by atoms with van der Waals surface area (Å²) >= 11 is 12.3. The molecule has 0 aliphatic carbocycles. The van der Waals surface area contributed by atoms with Gasteiger partial charge in [0.05, 0.1) is 28.5 Å². The monoisotopic (exact) mass is 469 g/mol. The molecule has 1 saturated heterocycles. The minimum absolute atomic E-state index is 0.0412. The number of sulfonamides is 1. The van der Waals surface area contributed by atoms with Gasteiger partial charge in [0.2, 0.25) is 10.0 Å². The Hall–Kier alpha value is -1.80. The van der Waals surface area contributed by atoms with Gasteiger partial charge in [0, 0.05) is 12.1 Å². The van der Waals surface area contributed by atoms with Crippen LogP contribution in [0.3, 0.4) is 0 Å². The Kier molecular flexibility index (Phi) is 7.63. The first kappa shape index (κ1) is 22.9. The van der Waals surface area contributed by atoms with Gasteiger partial charge in [-0.25, -0.2) is 8.42 Å². The van der Waals surface area contributed by atoms with Crippen LogP contribution in [0.4, 0.5) is 5.69 Å². The Labute approximate surface area is 187 Å². The van der Waals surface area contributed by atoms with Gasteiger partial charge >= 0.3 is 0 Å². The van der Waals surface area contributed by atoms with E-state index in [0.29, 0.717) is 39.3 Å². The summed E-state index contributed by atoms with van der Waals surface area (Å²) in [6.45, 7) is 2.64. The van der Waals surface area contributed by atoms with Crippen LogP contribution in [0.25, 0.3) is 0 Å². The van der Waals surface area contributed by atoms with E-state index in [2.05, 4.69) is 10.6 Å². The molecule has 1 fully saturated rings. The second-order valence-electron chi connectivity index (χ2n) is 7.43. The van der Waals surface area contributed by atoms with E-state index in [9.17, 15) is 13.2 Å². The summed E-state index contributed by atoms with van der Waals surface area (Å²) in [6.07, 6.45) is 3.23. The zero-order chi connectivity index (χ0) is 21.7. The standard InChI is InChI=1S/C21H25Cl2N3O3S/c1-30(28,29)26(14-17-3-2-4-19(22)20(17)23)18-7-5-16(6-8-18)21(27)25-13-15-9-11-24-12-10-15/h2-8,15,24H,9-14H2,1H3,(H,25,27). The highest BCUT2D eigenvalue weighted by Crippen LogP contribution is 2.29. The van der Waals surface area contributed by atoms with Crippen molar-refractivity contribution < 1.29 is 13.2 Å². The molecule has 1 heterocycles. The summed E-state index contributed by atoms with van der Waals surface area (Å²) in [7, 11) is -3.58. The van der Waals surface area contributed by atoms with Crippen molar-refractivity contribution in [1.29, 1.82) is 0 Å². The molecule has 2 aromatic rings. The SMILES string of the molecule is CS(=O)(=O)N(Cc1cccc(Cl)c1Cl)c1ccc(C(=O)NCC2CCNCC2)cc1. The van der Waals surface area contributed by atoms with Gasteiger partial charge in [0.25, 0.3) is 5.91 Å². The number of rotatable bonds is 7. The van der Waals surface area contributed by atoms with Gasteiger partial charge in [0.15, 0.2) is 0 Å². The van der Waals surface area contributed by atoms with E-state index < -0.39 is 10.0 Å². The van der Waals surface area contributed by atoms with E-state index in [-0.39, 0.29) is 12.5 Å². The second kappa shape index (κ2) is 10.0. The summed E-state index contributed by atoms with van der Waals surface area (Å²) in [5, 5.41) is 6.96. The quantitative estimate of drug-likeness (QED) is 0.647. The number of hydrogen-bond donors (Lipinski definition) is 2. The van der Waals surface area contributed by atoms with Crippen LogP contribution in [-0.2, 0) is 16.6 Å². The lowest BCUT2D eigenvalue weighted by Crippen LogP contribution is -2.36. The average Bonchev–Trinajstić information content (AvgIpc) is 2.73. The summed E-state index contributed by atoms with van der Waals surface area (Å²) in [5.41, 5.74) is 1.53. The highest BCUT2D eigenvalue weighted by molar-refractivity contribution is 7.92. The van der Waals surface area contributed by atoms with E-state index in [4.69, 9.17) is 23.2 Å². The van der Waals surface area contributed by atoms with Crippen LogP contribution in [0.15, 0.2) is 42.5 Å². The van der Waals surface area contributed by atoms with Crippen molar-refractivity contribution in [2.45, 2.75) is 19.4 Å². The number of carbonyl (C=O) groups is 1. The highest BCUT2D eigenvalue weighted by Gasteiger charge is 2.20. The van der Waals surface area contributed by atoms with Crippen molar-refractivity contribution >= 4 is 44.8 Å². The van der Waals surface area contributed by atoms with Crippen LogP contribution < -0.4 is 14.9 Å². The number of anilines is 1. The fourth-order valence-corrected chi connectivity index (χ4v) is 4.69. The molecule has 0 spiro atoms. The molecule has 2 N–H and O–H groups in total. The molecule has 0 radical (unpaired) electrons. The van der Waals surface area contributed by atoms with E-state index >= 15 is 0 Å². The van der Waals surface area contributed by atoms with Crippen molar-refractivity contribution in [2.24, 2.45) is 5.92 Å². The summed E-state index contributed by atoms with van der Waals surface area (Å²) in [6, 6.07) is 11.6.